The molecule has 0 aromatic heterocycles. The molecule has 2 unspecified atom stereocenters. The highest BCUT2D eigenvalue weighted by Gasteiger charge is 2.22. The number of para-hydroxylation sites is 2. The zero-order valence-corrected chi connectivity index (χ0v) is 12.9. The molecule has 2 saturated heterocycles. The number of nitrogens with zero attached hydrogens (tertiary/aromatic N) is 1. The molecule has 0 aliphatic carbocycles. The lowest BCUT2D eigenvalue weighted by molar-refractivity contribution is 0.00926. The predicted octanol–water partition coefficient (Wildman–Crippen LogP) is 2.89. The van der Waals surface area contributed by atoms with Crippen molar-refractivity contribution < 1.29 is 9.47 Å². The molecule has 0 amide bonds. The van der Waals surface area contributed by atoms with Crippen molar-refractivity contribution in [2.75, 3.05) is 43.1 Å². The largest absolute Gasteiger partial charge is 0.380 e. The van der Waals surface area contributed by atoms with Crippen molar-refractivity contribution in [3.63, 3.8) is 0 Å². The number of anilines is 2. The van der Waals surface area contributed by atoms with Gasteiger partial charge in [0.1, 0.15) is 0 Å². The van der Waals surface area contributed by atoms with Gasteiger partial charge in [-0.15, -0.1) is 0 Å². The van der Waals surface area contributed by atoms with Crippen molar-refractivity contribution in [2.45, 2.75) is 38.3 Å². The lowest BCUT2D eigenvalue weighted by atomic mass is 10.0. The second-order valence-corrected chi connectivity index (χ2v) is 5.88. The van der Waals surface area contributed by atoms with Crippen molar-refractivity contribution in [3.8, 4) is 0 Å². The second kappa shape index (κ2) is 7.14. The number of morpholine rings is 1. The highest BCUT2D eigenvalue weighted by molar-refractivity contribution is 5.70. The summed E-state index contributed by atoms with van der Waals surface area (Å²) in [7, 11) is 0. The molecule has 116 valence electrons. The second-order valence-electron chi connectivity index (χ2n) is 5.88. The molecule has 4 heteroatoms. The van der Waals surface area contributed by atoms with E-state index in [-0.39, 0.29) is 0 Å². The molecule has 0 saturated carbocycles. The summed E-state index contributed by atoms with van der Waals surface area (Å²) >= 11 is 0. The van der Waals surface area contributed by atoms with Gasteiger partial charge in [-0.2, -0.15) is 0 Å². The zero-order valence-electron chi connectivity index (χ0n) is 12.9. The van der Waals surface area contributed by atoms with Crippen LogP contribution in [0.1, 0.15) is 26.2 Å². The first kappa shape index (κ1) is 14.7. The molecule has 2 fully saturated rings. The normalized spacial score (nSPS) is 26.6. The summed E-state index contributed by atoms with van der Waals surface area (Å²) in [4.78, 5) is 2.42. The van der Waals surface area contributed by atoms with Crippen LogP contribution in [0.3, 0.4) is 0 Å². The summed E-state index contributed by atoms with van der Waals surface area (Å²) in [5.74, 6) is 0. The van der Waals surface area contributed by atoms with Crippen LogP contribution in [0, 0.1) is 0 Å². The molecular weight excluding hydrogens is 264 g/mol. The van der Waals surface area contributed by atoms with E-state index in [1.54, 1.807) is 0 Å². The van der Waals surface area contributed by atoms with Crippen LogP contribution < -0.4 is 10.2 Å². The average molecular weight is 290 g/mol. The molecule has 2 atom stereocenters. The van der Waals surface area contributed by atoms with Gasteiger partial charge in [0, 0.05) is 25.7 Å². The highest BCUT2D eigenvalue weighted by atomic mass is 16.5. The Balaban J connectivity index is 1.69. The third-order valence-electron chi connectivity index (χ3n) is 4.44. The van der Waals surface area contributed by atoms with Gasteiger partial charge in [-0.25, -0.2) is 0 Å². The summed E-state index contributed by atoms with van der Waals surface area (Å²) < 4.78 is 11.2. The Labute approximate surface area is 127 Å². The number of hydrogen-bond donors (Lipinski definition) is 1. The lowest BCUT2D eigenvalue weighted by Gasteiger charge is -2.34. The Morgan fingerprint density at radius 3 is 2.81 bits per heavy atom. The molecule has 1 aromatic carbocycles. The molecule has 1 N–H and O–H groups in total. The fourth-order valence-electron chi connectivity index (χ4n) is 3.19. The zero-order chi connectivity index (χ0) is 14.5. The van der Waals surface area contributed by atoms with E-state index in [1.165, 1.54) is 11.4 Å². The van der Waals surface area contributed by atoms with Crippen molar-refractivity contribution >= 4 is 11.4 Å². The van der Waals surface area contributed by atoms with Gasteiger partial charge in [0.2, 0.25) is 0 Å². The van der Waals surface area contributed by atoms with Crippen LogP contribution in [0.25, 0.3) is 0 Å². The molecule has 0 radical (unpaired) electrons. The van der Waals surface area contributed by atoms with E-state index in [2.05, 4.69) is 41.4 Å². The predicted molar refractivity (Wildman–Crippen MR) is 86.1 cm³/mol. The van der Waals surface area contributed by atoms with Gasteiger partial charge in [-0.3, -0.25) is 0 Å². The third-order valence-corrected chi connectivity index (χ3v) is 4.44. The summed E-state index contributed by atoms with van der Waals surface area (Å²) in [6.07, 6.45) is 3.71. The van der Waals surface area contributed by atoms with Crippen LogP contribution in [0.15, 0.2) is 24.3 Å². The van der Waals surface area contributed by atoms with Crippen molar-refractivity contribution in [1.29, 1.82) is 0 Å². The molecule has 1 aromatic rings. The molecule has 2 aliphatic rings. The van der Waals surface area contributed by atoms with Crippen LogP contribution in [-0.2, 0) is 9.47 Å². The molecule has 0 bridgehead atoms. The highest BCUT2D eigenvalue weighted by Crippen LogP contribution is 2.29. The van der Waals surface area contributed by atoms with Crippen molar-refractivity contribution in [1.82, 2.24) is 0 Å². The Hall–Kier alpha value is -1.26. The minimum Gasteiger partial charge on any atom is -0.380 e. The molecule has 0 spiro atoms. The summed E-state index contributed by atoms with van der Waals surface area (Å²) in [6, 6.07) is 9.16. The average Bonchev–Trinajstić information content (AvgIpc) is 2.56. The van der Waals surface area contributed by atoms with E-state index in [0.717, 1.165) is 52.2 Å². The molecule has 4 nitrogen and oxygen atoms in total. The molecule has 2 heterocycles. The monoisotopic (exact) mass is 290 g/mol. The Bertz CT molecular complexity index is 446. The summed E-state index contributed by atoms with van der Waals surface area (Å²) in [5.41, 5.74) is 2.56. The van der Waals surface area contributed by atoms with Gasteiger partial charge in [-0.05, 0) is 31.4 Å². The Kier molecular flexibility index (Phi) is 4.99. The smallest absolute Gasteiger partial charge is 0.0642 e. The van der Waals surface area contributed by atoms with Gasteiger partial charge >= 0.3 is 0 Å². The topological polar surface area (TPSA) is 33.7 Å². The van der Waals surface area contributed by atoms with Crippen molar-refractivity contribution in [2.24, 2.45) is 0 Å². The van der Waals surface area contributed by atoms with Gasteiger partial charge in [-0.1, -0.05) is 19.1 Å². The van der Waals surface area contributed by atoms with E-state index in [4.69, 9.17) is 9.47 Å². The van der Waals surface area contributed by atoms with Gasteiger partial charge in [0.25, 0.3) is 0 Å². The van der Waals surface area contributed by atoms with Crippen molar-refractivity contribution in [3.05, 3.63) is 24.3 Å². The molecular formula is C17H26N2O2. The van der Waals surface area contributed by atoms with Crippen LogP contribution in [0.2, 0.25) is 0 Å². The Morgan fingerprint density at radius 2 is 2.00 bits per heavy atom. The Morgan fingerprint density at radius 1 is 1.19 bits per heavy atom. The van der Waals surface area contributed by atoms with E-state index in [9.17, 15) is 0 Å². The quantitative estimate of drug-likeness (QED) is 0.924. The minimum absolute atomic E-state index is 0.409. The van der Waals surface area contributed by atoms with Gasteiger partial charge in [0.05, 0.1) is 30.7 Å². The molecule has 3 rings (SSSR count). The SMILES string of the molecule is CCC1CC(Nc2ccccc2N2CCOCC2)CCO1. The first-order valence-corrected chi connectivity index (χ1v) is 8.16. The fourth-order valence-corrected chi connectivity index (χ4v) is 3.19. The fraction of sp³-hybridized carbons (Fsp3) is 0.647. The van der Waals surface area contributed by atoms with Gasteiger partial charge in [0.15, 0.2) is 0 Å². The van der Waals surface area contributed by atoms with E-state index < -0.39 is 0 Å². The number of rotatable bonds is 4. The van der Waals surface area contributed by atoms with Crippen LogP contribution in [0.4, 0.5) is 11.4 Å². The van der Waals surface area contributed by atoms with Crippen LogP contribution in [-0.4, -0.2) is 45.1 Å². The van der Waals surface area contributed by atoms with Crippen LogP contribution >= 0.6 is 0 Å². The van der Waals surface area contributed by atoms with Crippen LogP contribution in [0.5, 0.6) is 0 Å². The minimum atomic E-state index is 0.409. The van der Waals surface area contributed by atoms with E-state index in [0.29, 0.717) is 12.1 Å². The third kappa shape index (κ3) is 3.69. The summed E-state index contributed by atoms with van der Waals surface area (Å²) in [5, 5.41) is 3.75. The molecule has 21 heavy (non-hydrogen) atoms. The summed E-state index contributed by atoms with van der Waals surface area (Å²) in [6.45, 7) is 6.67. The number of nitrogens with one attached hydrogen (secondary N) is 1. The molecule has 2 aliphatic heterocycles. The standard InChI is InChI=1S/C17H26N2O2/c1-2-15-13-14(7-10-21-15)18-16-5-3-4-6-17(16)19-8-11-20-12-9-19/h3-6,14-15,18H,2,7-13H2,1H3. The van der Waals surface area contributed by atoms with E-state index >= 15 is 0 Å². The number of benzene rings is 1. The maximum atomic E-state index is 5.77. The number of hydrogen-bond acceptors (Lipinski definition) is 4. The first-order chi connectivity index (χ1) is 10.4. The van der Waals surface area contributed by atoms with Gasteiger partial charge < -0.3 is 19.7 Å². The first-order valence-electron chi connectivity index (χ1n) is 8.16. The van der Waals surface area contributed by atoms with E-state index in [1.807, 2.05) is 0 Å². The number of ether oxygens (including phenoxy) is 2. The lowest BCUT2D eigenvalue weighted by Crippen LogP contribution is -2.38. The maximum absolute atomic E-state index is 5.77. The maximum Gasteiger partial charge on any atom is 0.0642 e.